The quantitative estimate of drug-likeness (QED) is 0.870. The summed E-state index contributed by atoms with van der Waals surface area (Å²) < 4.78 is 8.09. The Kier molecular flexibility index (Phi) is 3.89. The fraction of sp³-hybridized carbons (Fsp3) is 0.714. The molecule has 1 saturated heterocycles. The molecule has 1 aromatic rings. The number of aromatic nitrogens is 1. The van der Waals surface area contributed by atoms with Gasteiger partial charge >= 0.3 is 0 Å². The summed E-state index contributed by atoms with van der Waals surface area (Å²) in [5.41, 5.74) is 9.95. The van der Waals surface area contributed by atoms with Crippen molar-refractivity contribution in [2.75, 3.05) is 6.61 Å². The van der Waals surface area contributed by atoms with Crippen molar-refractivity contribution in [1.82, 2.24) is 4.57 Å². The average Bonchev–Trinajstić information content (AvgIpc) is 2.83. The Labute approximate surface area is 104 Å². The van der Waals surface area contributed by atoms with Crippen LogP contribution in [0.3, 0.4) is 0 Å². The maximum Gasteiger partial charge on any atom is 0.0754 e. The number of ether oxygens (including phenoxy) is 1. The van der Waals surface area contributed by atoms with Gasteiger partial charge in [-0.2, -0.15) is 0 Å². The van der Waals surface area contributed by atoms with Crippen molar-refractivity contribution in [3.8, 4) is 0 Å². The fourth-order valence-corrected chi connectivity index (χ4v) is 2.70. The van der Waals surface area contributed by atoms with Gasteiger partial charge in [0.25, 0.3) is 0 Å². The van der Waals surface area contributed by atoms with E-state index in [1.807, 2.05) is 0 Å². The number of nitrogens with zero attached hydrogens (tertiary/aromatic N) is 1. The predicted molar refractivity (Wildman–Crippen MR) is 70.2 cm³/mol. The molecule has 1 aromatic heterocycles. The standard InChI is InChI=1S/C14H24N2O/c1-10(15)7-13-8-11(2)16(12(13)3)9-14-5-4-6-17-14/h8,10,14H,4-7,9,15H2,1-3H3. The van der Waals surface area contributed by atoms with E-state index in [1.54, 1.807) is 0 Å². The Morgan fingerprint density at radius 1 is 1.53 bits per heavy atom. The van der Waals surface area contributed by atoms with Gasteiger partial charge in [0, 0.05) is 30.6 Å². The fourth-order valence-electron chi connectivity index (χ4n) is 2.70. The first-order valence-corrected chi connectivity index (χ1v) is 6.60. The first kappa shape index (κ1) is 12.7. The second-order valence-corrected chi connectivity index (χ2v) is 5.32. The van der Waals surface area contributed by atoms with Crippen LogP contribution in [0.1, 0.15) is 36.7 Å². The maximum absolute atomic E-state index is 5.88. The van der Waals surface area contributed by atoms with Crippen LogP contribution in [-0.4, -0.2) is 23.3 Å². The molecule has 96 valence electrons. The maximum atomic E-state index is 5.88. The molecule has 0 aromatic carbocycles. The molecule has 17 heavy (non-hydrogen) atoms. The third-order valence-corrected chi connectivity index (χ3v) is 3.63. The van der Waals surface area contributed by atoms with Crippen LogP contribution in [0, 0.1) is 13.8 Å². The van der Waals surface area contributed by atoms with Crippen LogP contribution in [0.5, 0.6) is 0 Å². The molecule has 1 aliphatic heterocycles. The molecule has 0 bridgehead atoms. The third kappa shape index (κ3) is 2.90. The first-order valence-electron chi connectivity index (χ1n) is 6.60. The van der Waals surface area contributed by atoms with Crippen LogP contribution in [0.2, 0.25) is 0 Å². The van der Waals surface area contributed by atoms with E-state index in [0.717, 1.165) is 19.6 Å². The first-order chi connectivity index (χ1) is 8.08. The molecule has 1 fully saturated rings. The minimum Gasteiger partial charge on any atom is -0.376 e. The number of aryl methyl sites for hydroxylation is 1. The highest BCUT2D eigenvalue weighted by atomic mass is 16.5. The van der Waals surface area contributed by atoms with E-state index in [9.17, 15) is 0 Å². The molecule has 2 N–H and O–H groups in total. The molecule has 3 nitrogen and oxygen atoms in total. The highest BCUT2D eigenvalue weighted by Crippen LogP contribution is 2.20. The summed E-state index contributed by atoms with van der Waals surface area (Å²) in [6.45, 7) is 8.35. The monoisotopic (exact) mass is 236 g/mol. The summed E-state index contributed by atoms with van der Waals surface area (Å²) >= 11 is 0. The summed E-state index contributed by atoms with van der Waals surface area (Å²) in [4.78, 5) is 0. The van der Waals surface area contributed by atoms with E-state index < -0.39 is 0 Å². The summed E-state index contributed by atoms with van der Waals surface area (Å²) in [6.07, 6.45) is 3.77. The molecule has 2 atom stereocenters. The highest BCUT2D eigenvalue weighted by molar-refractivity contribution is 5.27. The molecule has 0 saturated carbocycles. The summed E-state index contributed by atoms with van der Waals surface area (Å²) in [5.74, 6) is 0. The zero-order chi connectivity index (χ0) is 12.4. The number of hydrogen-bond donors (Lipinski definition) is 1. The van der Waals surface area contributed by atoms with E-state index in [1.165, 1.54) is 29.8 Å². The Morgan fingerprint density at radius 2 is 2.29 bits per heavy atom. The minimum atomic E-state index is 0.228. The molecule has 1 aliphatic rings. The summed E-state index contributed by atoms with van der Waals surface area (Å²) in [7, 11) is 0. The SMILES string of the molecule is Cc1cc(CC(C)N)c(C)n1CC1CCCO1. The molecule has 0 spiro atoms. The summed E-state index contributed by atoms with van der Waals surface area (Å²) in [5, 5.41) is 0. The van der Waals surface area contributed by atoms with Crippen LogP contribution >= 0.6 is 0 Å². The Bertz CT molecular complexity index is 376. The number of hydrogen-bond acceptors (Lipinski definition) is 2. The smallest absolute Gasteiger partial charge is 0.0754 e. The Morgan fingerprint density at radius 3 is 2.88 bits per heavy atom. The zero-order valence-electron chi connectivity index (χ0n) is 11.2. The van der Waals surface area contributed by atoms with E-state index in [2.05, 4.69) is 31.4 Å². The van der Waals surface area contributed by atoms with Gasteiger partial charge < -0.3 is 15.0 Å². The molecule has 0 aliphatic carbocycles. The van der Waals surface area contributed by atoms with Crippen LogP contribution in [-0.2, 0) is 17.7 Å². The van der Waals surface area contributed by atoms with Gasteiger partial charge in [0.15, 0.2) is 0 Å². The molecular formula is C14H24N2O. The minimum absolute atomic E-state index is 0.228. The average molecular weight is 236 g/mol. The number of nitrogens with two attached hydrogens (primary N) is 1. The van der Waals surface area contributed by atoms with E-state index in [0.29, 0.717) is 6.10 Å². The molecular weight excluding hydrogens is 212 g/mol. The van der Waals surface area contributed by atoms with Gasteiger partial charge in [-0.1, -0.05) is 0 Å². The second kappa shape index (κ2) is 5.23. The molecule has 0 radical (unpaired) electrons. The van der Waals surface area contributed by atoms with Gasteiger partial charge in [-0.05, 0) is 51.7 Å². The van der Waals surface area contributed by atoms with E-state index in [-0.39, 0.29) is 6.04 Å². The zero-order valence-corrected chi connectivity index (χ0v) is 11.2. The van der Waals surface area contributed by atoms with Gasteiger partial charge in [-0.15, -0.1) is 0 Å². The number of rotatable bonds is 4. The van der Waals surface area contributed by atoms with Crippen LogP contribution < -0.4 is 5.73 Å². The third-order valence-electron chi connectivity index (χ3n) is 3.63. The van der Waals surface area contributed by atoms with Gasteiger partial charge in [-0.3, -0.25) is 0 Å². The Balaban J connectivity index is 2.12. The van der Waals surface area contributed by atoms with Crippen molar-refractivity contribution in [2.45, 2.75) is 58.7 Å². The lowest BCUT2D eigenvalue weighted by molar-refractivity contribution is 0.0961. The van der Waals surface area contributed by atoms with Crippen molar-refractivity contribution in [2.24, 2.45) is 5.73 Å². The van der Waals surface area contributed by atoms with Crippen LogP contribution in [0.15, 0.2) is 6.07 Å². The molecule has 2 rings (SSSR count). The summed E-state index contributed by atoms with van der Waals surface area (Å²) in [6, 6.07) is 2.50. The van der Waals surface area contributed by atoms with Gasteiger partial charge in [0.1, 0.15) is 0 Å². The van der Waals surface area contributed by atoms with E-state index >= 15 is 0 Å². The topological polar surface area (TPSA) is 40.2 Å². The van der Waals surface area contributed by atoms with Crippen molar-refractivity contribution >= 4 is 0 Å². The van der Waals surface area contributed by atoms with Crippen LogP contribution in [0.25, 0.3) is 0 Å². The van der Waals surface area contributed by atoms with Crippen molar-refractivity contribution < 1.29 is 4.74 Å². The molecule has 2 heterocycles. The molecule has 2 unspecified atom stereocenters. The molecule has 0 amide bonds. The normalized spacial score (nSPS) is 22.0. The van der Waals surface area contributed by atoms with Crippen molar-refractivity contribution in [1.29, 1.82) is 0 Å². The highest BCUT2D eigenvalue weighted by Gasteiger charge is 2.18. The van der Waals surface area contributed by atoms with Crippen molar-refractivity contribution in [3.05, 3.63) is 23.0 Å². The Hall–Kier alpha value is -0.800. The molecule has 3 heteroatoms. The lowest BCUT2D eigenvalue weighted by atomic mass is 10.1. The largest absolute Gasteiger partial charge is 0.376 e. The van der Waals surface area contributed by atoms with Crippen molar-refractivity contribution in [3.63, 3.8) is 0 Å². The van der Waals surface area contributed by atoms with Gasteiger partial charge in [0.05, 0.1) is 6.10 Å². The lowest BCUT2D eigenvalue weighted by Crippen LogP contribution is -2.19. The van der Waals surface area contributed by atoms with Gasteiger partial charge in [-0.25, -0.2) is 0 Å². The van der Waals surface area contributed by atoms with Gasteiger partial charge in [0.2, 0.25) is 0 Å². The van der Waals surface area contributed by atoms with Crippen LogP contribution in [0.4, 0.5) is 0 Å². The second-order valence-electron chi connectivity index (χ2n) is 5.32. The predicted octanol–water partition coefficient (Wildman–Crippen LogP) is 2.17. The van der Waals surface area contributed by atoms with E-state index in [4.69, 9.17) is 10.5 Å². The lowest BCUT2D eigenvalue weighted by Gasteiger charge is -2.15.